The molecule has 0 saturated carbocycles. The monoisotopic (exact) mass is 695 g/mol. The Labute approximate surface area is 316 Å². The van der Waals surface area contributed by atoms with Crippen LogP contribution in [0.4, 0.5) is 0 Å². The predicted octanol–water partition coefficient (Wildman–Crippen LogP) is 8.75. The summed E-state index contributed by atoms with van der Waals surface area (Å²) in [6, 6.07) is 54.2. The Morgan fingerprint density at radius 1 is 0.500 bits per heavy atom. The molecule has 0 saturated heterocycles. The molecule has 0 bridgehead atoms. The molecule has 0 heterocycles. The number of benzene rings is 5. The van der Waals surface area contributed by atoms with Crippen LogP contribution in [0.15, 0.2) is 152 Å². The summed E-state index contributed by atoms with van der Waals surface area (Å²) in [5.41, 5.74) is 6.73. The lowest BCUT2D eigenvalue weighted by Gasteiger charge is -2.44. The van der Waals surface area contributed by atoms with E-state index in [1.54, 1.807) is 0 Å². The quantitative estimate of drug-likeness (QED) is 0.0493. The van der Waals surface area contributed by atoms with Crippen molar-refractivity contribution in [2.24, 2.45) is 0 Å². The molecule has 5 aromatic rings. The fraction of sp³-hybridized carbons (Fsp3) is 0.354. The number of unbranched alkanes of at least 4 members (excludes halogenated alkanes) is 8. The lowest BCUT2D eigenvalue weighted by atomic mass is 9.13. The Hall–Kier alpha value is -4.41. The average Bonchev–Trinajstić information content (AvgIpc) is 3.18. The summed E-state index contributed by atoms with van der Waals surface area (Å²) in [5.74, 6) is 0.228. The minimum Gasteiger partial charge on any atom is -0.356 e. The topological polar surface area (TPSA) is 29.1 Å². The molecule has 3 nitrogen and oxygen atoms in total. The number of carbonyl (C=O) groups excluding carboxylic acids is 1. The normalized spacial score (nSPS) is 11.4. The molecule has 1 N–H and O–H groups in total. The highest BCUT2D eigenvalue weighted by molar-refractivity contribution is 7.19. The van der Waals surface area contributed by atoms with E-state index in [-0.39, 0.29) is 5.91 Å². The van der Waals surface area contributed by atoms with Crippen molar-refractivity contribution in [1.82, 2.24) is 5.32 Å². The first kappa shape index (κ1) is 40.4. The van der Waals surface area contributed by atoms with Crippen molar-refractivity contribution in [2.45, 2.75) is 84.1 Å². The Kier molecular flexibility index (Phi) is 17.5. The van der Waals surface area contributed by atoms with Crippen LogP contribution in [0.1, 0.15) is 83.1 Å². The molecule has 0 aromatic heterocycles. The van der Waals surface area contributed by atoms with E-state index in [1.165, 1.54) is 78.8 Å². The van der Waals surface area contributed by atoms with E-state index in [2.05, 4.69) is 178 Å². The van der Waals surface area contributed by atoms with Crippen LogP contribution in [0.5, 0.6) is 0 Å². The van der Waals surface area contributed by atoms with E-state index in [9.17, 15) is 4.79 Å². The Balaban J connectivity index is 0.000000233. The summed E-state index contributed by atoms with van der Waals surface area (Å²) in [4.78, 5) is 11.9. The van der Waals surface area contributed by atoms with E-state index in [0.29, 0.717) is 6.42 Å². The van der Waals surface area contributed by atoms with E-state index in [4.69, 9.17) is 0 Å². The van der Waals surface area contributed by atoms with Crippen LogP contribution >= 0.6 is 0 Å². The van der Waals surface area contributed by atoms with Crippen LogP contribution in [0.3, 0.4) is 0 Å². The summed E-state index contributed by atoms with van der Waals surface area (Å²) in [6.45, 7) is 5.17. The molecule has 0 aliphatic heterocycles. The van der Waals surface area contributed by atoms with Crippen LogP contribution in [-0.4, -0.2) is 43.7 Å². The number of amides is 1. The molecule has 0 radical (unpaired) electrons. The molecule has 0 spiro atoms. The number of rotatable bonds is 20. The van der Waals surface area contributed by atoms with Crippen LogP contribution in [0.25, 0.3) is 0 Å². The second-order valence-electron chi connectivity index (χ2n) is 15.1. The zero-order valence-electron chi connectivity index (χ0n) is 32.3. The Morgan fingerprint density at radius 2 is 0.865 bits per heavy atom. The summed E-state index contributed by atoms with van der Waals surface area (Å²) in [7, 11) is 4.52. The number of carbonyl (C=O) groups is 1. The van der Waals surface area contributed by atoms with Gasteiger partial charge in [-0.25, -0.2) is 0 Å². The number of quaternary nitrogens is 1. The van der Waals surface area contributed by atoms with Crippen LogP contribution < -0.4 is 27.2 Å². The predicted molar refractivity (Wildman–Crippen MR) is 227 cm³/mol. The van der Waals surface area contributed by atoms with Crippen LogP contribution in [-0.2, 0) is 11.3 Å². The van der Waals surface area contributed by atoms with Crippen LogP contribution in [0.2, 0.25) is 0 Å². The molecule has 0 atom stereocenters. The smallest absolute Gasteiger partial charge is 0.219 e. The minimum absolute atomic E-state index is 0.228. The maximum absolute atomic E-state index is 11.9. The summed E-state index contributed by atoms with van der Waals surface area (Å²) in [5, 5.41) is 3.10. The highest BCUT2D eigenvalue weighted by Crippen LogP contribution is 2.12. The van der Waals surface area contributed by atoms with Gasteiger partial charge in [-0.15, -0.1) is 0 Å². The molecule has 0 aliphatic carbocycles. The molecule has 0 aliphatic rings. The van der Waals surface area contributed by atoms with Gasteiger partial charge >= 0.3 is 0 Å². The molecule has 0 fully saturated rings. The maximum atomic E-state index is 11.9. The summed E-state index contributed by atoms with van der Waals surface area (Å²) >= 11 is 0. The van der Waals surface area contributed by atoms with E-state index in [0.717, 1.165) is 37.0 Å². The first-order chi connectivity index (χ1) is 25.5. The minimum atomic E-state index is -1.22. The summed E-state index contributed by atoms with van der Waals surface area (Å²) in [6.07, 6.45) is 12.2. The van der Waals surface area contributed by atoms with Gasteiger partial charge in [0, 0.05) is 24.9 Å². The highest BCUT2D eigenvalue weighted by atomic mass is 16.1. The van der Waals surface area contributed by atoms with Gasteiger partial charge in [-0.05, 0) is 6.42 Å². The van der Waals surface area contributed by atoms with Crippen molar-refractivity contribution in [2.75, 3.05) is 27.2 Å². The molecule has 5 aromatic carbocycles. The first-order valence-corrected chi connectivity index (χ1v) is 20.0. The van der Waals surface area contributed by atoms with Gasteiger partial charge in [-0.3, -0.25) is 4.79 Å². The van der Waals surface area contributed by atoms with Gasteiger partial charge in [-0.2, -0.15) is 21.9 Å². The van der Waals surface area contributed by atoms with Crippen molar-refractivity contribution in [3.8, 4) is 0 Å². The van der Waals surface area contributed by atoms with Gasteiger partial charge in [0.25, 0.3) is 0 Å². The van der Waals surface area contributed by atoms with Gasteiger partial charge in [0.2, 0.25) is 5.91 Å². The number of hydrogen-bond donors (Lipinski definition) is 1. The summed E-state index contributed by atoms with van der Waals surface area (Å²) < 4.78 is 0.956. The first-order valence-electron chi connectivity index (χ1n) is 20.0. The van der Waals surface area contributed by atoms with Gasteiger partial charge in [0.15, 0.2) is 0 Å². The third kappa shape index (κ3) is 13.0. The molecular formula is C48H63BN2O. The third-order valence-electron chi connectivity index (χ3n) is 10.4. The molecule has 52 heavy (non-hydrogen) atoms. The average molecular weight is 695 g/mol. The van der Waals surface area contributed by atoms with Gasteiger partial charge in [-0.1, -0.05) is 210 Å². The SMILES string of the molecule is CCCCCCCCCCCC(=O)NCCC[N+](C)(C)Cc1ccccc1.c1ccc([B-](c2ccccc2)(c2ccccc2)c2ccccc2)cc1. The Morgan fingerprint density at radius 3 is 1.27 bits per heavy atom. The number of hydrogen-bond acceptors (Lipinski definition) is 1. The third-order valence-corrected chi connectivity index (χ3v) is 10.4. The van der Waals surface area contributed by atoms with Crippen molar-refractivity contribution in [3.63, 3.8) is 0 Å². The molecule has 1 amide bonds. The Bertz CT molecular complexity index is 1480. The van der Waals surface area contributed by atoms with Gasteiger partial charge in [0.05, 0.1) is 20.6 Å². The number of nitrogens with one attached hydrogen (secondary N) is 1. The van der Waals surface area contributed by atoms with Crippen molar-refractivity contribution >= 4 is 33.9 Å². The standard InChI is InChI=1S/C24H20B.C24H42N2O/c1-5-13-21(14-6-1)25(22-15-7-2-8-16-22,23-17-9-3-10-18-23)24-19-11-4-12-20-24;1-4-5-6-7-8-9-10-11-15-19-24(27)25-20-16-21-26(2,3)22-23-17-13-12-14-18-23/h1-20H;12-14,17-18H,4-11,15-16,19-22H2,1-3H3/q-1;/p+1. The van der Waals surface area contributed by atoms with E-state index >= 15 is 0 Å². The fourth-order valence-electron chi connectivity index (χ4n) is 7.70. The second-order valence-corrected chi connectivity index (χ2v) is 15.1. The second kappa shape index (κ2) is 22.5. The lowest BCUT2D eigenvalue weighted by Crippen LogP contribution is -2.74. The fourth-order valence-corrected chi connectivity index (χ4v) is 7.70. The lowest BCUT2D eigenvalue weighted by molar-refractivity contribution is -0.903. The molecule has 4 heteroatoms. The van der Waals surface area contributed by atoms with Crippen molar-refractivity contribution in [1.29, 1.82) is 0 Å². The molecular weight excluding hydrogens is 631 g/mol. The van der Waals surface area contributed by atoms with Crippen molar-refractivity contribution < 1.29 is 9.28 Å². The van der Waals surface area contributed by atoms with E-state index < -0.39 is 6.15 Å². The van der Waals surface area contributed by atoms with Gasteiger partial charge < -0.3 is 9.80 Å². The number of nitrogens with zero attached hydrogens (tertiary/aromatic N) is 1. The maximum Gasteiger partial charge on any atom is 0.219 e. The zero-order chi connectivity index (χ0) is 36.7. The molecule has 5 rings (SSSR count). The van der Waals surface area contributed by atoms with Crippen LogP contribution in [0, 0.1) is 0 Å². The largest absolute Gasteiger partial charge is 0.356 e. The highest BCUT2D eigenvalue weighted by Gasteiger charge is 2.31. The molecule has 0 unspecified atom stereocenters. The van der Waals surface area contributed by atoms with Gasteiger partial charge in [0.1, 0.15) is 12.7 Å². The van der Waals surface area contributed by atoms with Crippen molar-refractivity contribution in [3.05, 3.63) is 157 Å². The van der Waals surface area contributed by atoms with E-state index in [1.807, 2.05) is 0 Å². The molecule has 274 valence electrons. The zero-order valence-corrected chi connectivity index (χ0v) is 32.3.